The molecule has 2 aromatic heterocycles. The van der Waals surface area contributed by atoms with E-state index in [1.54, 1.807) is 12.3 Å². The Labute approximate surface area is 187 Å². The van der Waals surface area contributed by atoms with Crippen LogP contribution in [0.3, 0.4) is 0 Å². The van der Waals surface area contributed by atoms with Crippen LogP contribution in [-0.4, -0.2) is 65.6 Å². The fraction of sp³-hybridized carbons (Fsp3) is 0.500. The van der Waals surface area contributed by atoms with E-state index < -0.39 is 6.67 Å². The van der Waals surface area contributed by atoms with Crippen molar-refractivity contribution in [3.63, 3.8) is 0 Å². The van der Waals surface area contributed by atoms with Crippen molar-refractivity contribution in [2.45, 2.75) is 38.5 Å². The van der Waals surface area contributed by atoms with Gasteiger partial charge in [0.25, 0.3) is 11.5 Å². The highest BCUT2D eigenvalue weighted by Gasteiger charge is 2.31. The summed E-state index contributed by atoms with van der Waals surface area (Å²) in [5, 5.41) is 2.49. The SMILES string of the molecule is CCc1ccc([C@@H]2CCC(=[N+]3CCN(c4ccc(C(=O)NCCF)nc4)CC3)C2)[nH]c1=O. The summed E-state index contributed by atoms with van der Waals surface area (Å²) < 4.78 is 14.7. The number of carbonyl (C=O) groups excluding carboxylic acids is 1. The maximum Gasteiger partial charge on any atom is 0.269 e. The zero-order chi connectivity index (χ0) is 22.5. The summed E-state index contributed by atoms with van der Waals surface area (Å²) in [4.78, 5) is 33.7. The van der Waals surface area contributed by atoms with Gasteiger partial charge in [0.2, 0.25) is 0 Å². The first-order valence-electron chi connectivity index (χ1n) is 11.5. The molecule has 0 radical (unpaired) electrons. The summed E-state index contributed by atoms with van der Waals surface area (Å²) in [7, 11) is 0. The van der Waals surface area contributed by atoms with Crippen LogP contribution >= 0.6 is 0 Å². The molecular weight excluding hydrogens is 409 g/mol. The third-order valence-corrected chi connectivity index (χ3v) is 6.55. The van der Waals surface area contributed by atoms with E-state index >= 15 is 0 Å². The number of aryl methyl sites for hydroxylation is 1. The summed E-state index contributed by atoms with van der Waals surface area (Å²) in [5.41, 5.74) is 4.73. The molecule has 3 heterocycles. The predicted octanol–water partition coefficient (Wildman–Crippen LogP) is 2.27. The number of aromatic amines is 1. The Balaban J connectivity index is 1.35. The van der Waals surface area contributed by atoms with Gasteiger partial charge in [-0.25, -0.2) is 13.9 Å². The van der Waals surface area contributed by atoms with Gasteiger partial charge in [-0.05, 0) is 31.0 Å². The first-order valence-corrected chi connectivity index (χ1v) is 11.5. The van der Waals surface area contributed by atoms with Crippen molar-refractivity contribution >= 4 is 17.3 Å². The Morgan fingerprint density at radius 1 is 1.28 bits per heavy atom. The van der Waals surface area contributed by atoms with Gasteiger partial charge in [0, 0.05) is 36.6 Å². The maximum absolute atomic E-state index is 12.2. The van der Waals surface area contributed by atoms with Gasteiger partial charge in [0.05, 0.1) is 25.0 Å². The van der Waals surface area contributed by atoms with Crippen molar-refractivity contribution in [2.75, 3.05) is 44.3 Å². The molecule has 2 aliphatic rings. The van der Waals surface area contributed by atoms with Crippen LogP contribution in [0, 0.1) is 0 Å². The van der Waals surface area contributed by atoms with E-state index in [9.17, 15) is 14.0 Å². The Morgan fingerprint density at radius 2 is 2.09 bits per heavy atom. The smallest absolute Gasteiger partial charge is 0.269 e. The van der Waals surface area contributed by atoms with Gasteiger partial charge < -0.3 is 15.2 Å². The fourth-order valence-corrected chi connectivity index (χ4v) is 4.66. The van der Waals surface area contributed by atoms with Crippen molar-refractivity contribution in [1.82, 2.24) is 15.3 Å². The van der Waals surface area contributed by atoms with Crippen molar-refractivity contribution < 1.29 is 13.8 Å². The first-order chi connectivity index (χ1) is 15.6. The summed E-state index contributed by atoms with van der Waals surface area (Å²) >= 11 is 0. The number of H-pyrrole nitrogens is 1. The number of carbonyl (C=O) groups is 1. The van der Waals surface area contributed by atoms with Crippen LogP contribution in [-0.2, 0) is 6.42 Å². The lowest BCUT2D eigenvalue weighted by molar-refractivity contribution is -0.531. The molecule has 1 atom stereocenters. The van der Waals surface area contributed by atoms with Crippen molar-refractivity contribution in [3.8, 4) is 0 Å². The number of aromatic nitrogens is 2. The monoisotopic (exact) mass is 440 g/mol. The molecule has 0 unspecified atom stereocenters. The lowest BCUT2D eigenvalue weighted by Gasteiger charge is -2.27. The number of halogens is 1. The molecule has 170 valence electrons. The molecule has 2 aromatic rings. The van der Waals surface area contributed by atoms with Crippen LogP contribution in [0.5, 0.6) is 0 Å². The first kappa shape index (κ1) is 22.2. The van der Waals surface area contributed by atoms with E-state index in [1.807, 2.05) is 19.1 Å². The number of nitrogens with one attached hydrogen (secondary N) is 2. The van der Waals surface area contributed by atoms with Crippen LogP contribution in [0.15, 0.2) is 35.3 Å². The molecule has 8 heteroatoms. The third kappa shape index (κ3) is 4.89. The minimum Gasteiger partial charge on any atom is -0.358 e. The van der Waals surface area contributed by atoms with Gasteiger partial charge in [-0.3, -0.25) is 9.59 Å². The summed E-state index contributed by atoms with van der Waals surface area (Å²) in [6, 6.07) is 7.65. The second-order valence-electron chi connectivity index (χ2n) is 8.45. The molecule has 4 rings (SSSR count). The zero-order valence-corrected chi connectivity index (χ0v) is 18.6. The topological polar surface area (TPSA) is 81.1 Å². The molecule has 1 amide bonds. The Kier molecular flexibility index (Phi) is 6.97. The third-order valence-electron chi connectivity index (χ3n) is 6.55. The molecule has 0 bridgehead atoms. The predicted molar refractivity (Wildman–Crippen MR) is 123 cm³/mol. The Morgan fingerprint density at radius 3 is 2.75 bits per heavy atom. The second-order valence-corrected chi connectivity index (χ2v) is 8.45. The molecule has 1 aliphatic carbocycles. The zero-order valence-electron chi connectivity index (χ0n) is 18.6. The molecule has 1 aliphatic heterocycles. The molecule has 1 saturated heterocycles. The van der Waals surface area contributed by atoms with Gasteiger partial charge in [-0.15, -0.1) is 0 Å². The molecule has 2 fully saturated rings. The standard InChI is InChI=1S/C24H30FN5O2/c1-2-17-4-7-21(28-23(17)31)18-3-5-19(15-18)29-11-13-30(14-12-29)20-6-8-22(27-16-20)24(32)26-10-9-25/h4,6-8,16,18H,2-3,5,9-15H2,1H3,(H-,26,28,31,32)/p+1/t18-/m1/s1. The number of piperazine rings is 1. The van der Waals surface area contributed by atoms with Gasteiger partial charge in [-0.2, -0.15) is 0 Å². The molecule has 0 spiro atoms. The van der Waals surface area contributed by atoms with Crippen LogP contribution < -0.4 is 15.8 Å². The average molecular weight is 441 g/mol. The molecule has 0 aromatic carbocycles. The molecule has 1 saturated carbocycles. The van der Waals surface area contributed by atoms with E-state index in [0.717, 1.165) is 68.8 Å². The minimum atomic E-state index is -0.586. The quantitative estimate of drug-likeness (QED) is 0.676. The lowest BCUT2D eigenvalue weighted by Crippen LogP contribution is -2.43. The van der Waals surface area contributed by atoms with Crippen LogP contribution in [0.25, 0.3) is 0 Å². The second kappa shape index (κ2) is 10.1. The summed E-state index contributed by atoms with van der Waals surface area (Å²) in [5.74, 6) is 0.0406. The van der Waals surface area contributed by atoms with Crippen LogP contribution in [0.4, 0.5) is 10.1 Å². The number of alkyl halides is 1. The van der Waals surface area contributed by atoms with Gasteiger partial charge in [-0.1, -0.05) is 13.0 Å². The highest BCUT2D eigenvalue weighted by atomic mass is 19.1. The maximum atomic E-state index is 12.2. The molecule has 2 N–H and O–H groups in total. The average Bonchev–Trinajstić information content (AvgIpc) is 3.33. The number of hydrogen-bond donors (Lipinski definition) is 2. The van der Waals surface area contributed by atoms with Gasteiger partial charge in [0.1, 0.15) is 12.4 Å². The normalized spacial score (nSPS) is 18.8. The lowest BCUT2D eigenvalue weighted by atomic mass is 10.0. The van der Waals surface area contributed by atoms with E-state index in [1.165, 1.54) is 5.71 Å². The summed E-state index contributed by atoms with van der Waals surface area (Å²) in [6.45, 7) is 5.11. The van der Waals surface area contributed by atoms with Crippen molar-refractivity contribution in [1.29, 1.82) is 0 Å². The number of amides is 1. The van der Waals surface area contributed by atoms with Crippen LogP contribution in [0.1, 0.15) is 53.8 Å². The van der Waals surface area contributed by atoms with E-state index in [4.69, 9.17) is 0 Å². The number of anilines is 1. The van der Waals surface area contributed by atoms with E-state index in [2.05, 4.69) is 30.8 Å². The highest BCUT2D eigenvalue weighted by molar-refractivity contribution is 5.92. The van der Waals surface area contributed by atoms with Crippen molar-refractivity contribution in [3.05, 3.63) is 57.8 Å². The number of hydrogen-bond acceptors (Lipinski definition) is 4. The minimum absolute atomic E-state index is 0.00402. The Bertz CT molecular complexity index is 1040. The molecular formula is C24H31FN5O2+. The van der Waals surface area contributed by atoms with E-state index in [-0.39, 0.29) is 18.0 Å². The number of nitrogens with zero attached hydrogens (tertiary/aromatic N) is 3. The van der Waals surface area contributed by atoms with E-state index in [0.29, 0.717) is 11.6 Å². The Hall–Kier alpha value is -3.03. The number of rotatable bonds is 6. The van der Waals surface area contributed by atoms with Crippen molar-refractivity contribution in [2.24, 2.45) is 0 Å². The van der Waals surface area contributed by atoms with Gasteiger partial charge >= 0.3 is 0 Å². The van der Waals surface area contributed by atoms with Gasteiger partial charge in [0.15, 0.2) is 18.8 Å². The summed E-state index contributed by atoms with van der Waals surface area (Å²) in [6.07, 6.45) is 5.63. The molecule has 7 nitrogen and oxygen atoms in total. The highest BCUT2D eigenvalue weighted by Crippen LogP contribution is 2.31. The van der Waals surface area contributed by atoms with Crippen LogP contribution in [0.2, 0.25) is 0 Å². The largest absolute Gasteiger partial charge is 0.358 e. The molecule has 32 heavy (non-hydrogen) atoms. The fourth-order valence-electron chi connectivity index (χ4n) is 4.66. The number of pyridine rings is 2.